The van der Waals surface area contributed by atoms with Gasteiger partial charge in [-0.15, -0.1) is 0 Å². The molecule has 1 aliphatic heterocycles. The van der Waals surface area contributed by atoms with Gasteiger partial charge in [0.25, 0.3) is 0 Å². The Morgan fingerprint density at radius 2 is 2.05 bits per heavy atom. The Kier molecular flexibility index (Phi) is 3.36. The average Bonchev–Trinajstić information content (AvgIpc) is 2.46. The first kappa shape index (κ1) is 14.2. The molecule has 0 bridgehead atoms. The Morgan fingerprint density at radius 1 is 1.32 bits per heavy atom. The maximum absolute atomic E-state index is 11.1. The van der Waals surface area contributed by atoms with Crippen molar-refractivity contribution in [2.45, 2.75) is 19.4 Å². The van der Waals surface area contributed by atoms with Gasteiger partial charge in [-0.2, -0.15) is 0 Å². The summed E-state index contributed by atoms with van der Waals surface area (Å²) in [6.07, 6.45) is 1.66. The third-order valence-corrected chi connectivity index (χ3v) is 3.27. The van der Waals surface area contributed by atoms with Gasteiger partial charge in [-0.05, 0) is 38.1 Å². The van der Waals surface area contributed by atoms with Gasteiger partial charge in [0.05, 0.1) is 5.54 Å². The van der Waals surface area contributed by atoms with Crippen molar-refractivity contribution in [3.05, 3.63) is 42.1 Å². The highest BCUT2D eigenvalue weighted by atomic mass is 16.5. The van der Waals surface area contributed by atoms with E-state index in [1.165, 1.54) is 0 Å². The molecule has 6 nitrogen and oxygen atoms in total. The van der Waals surface area contributed by atoms with E-state index in [1.54, 1.807) is 36.5 Å². The van der Waals surface area contributed by atoms with Crippen molar-refractivity contribution in [1.82, 2.24) is 4.98 Å². The zero-order valence-electron chi connectivity index (χ0n) is 12.4. The summed E-state index contributed by atoms with van der Waals surface area (Å²) in [5, 5.41) is 3.31. The van der Waals surface area contributed by atoms with E-state index < -0.39 is 5.91 Å². The maximum Gasteiger partial charge on any atom is 0.248 e. The fourth-order valence-electron chi connectivity index (χ4n) is 2.16. The van der Waals surface area contributed by atoms with Crippen LogP contribution in [0.3, 0.4) is 0 Å². The minimum Gasteiger partial charge on any atom is -0.484 e. The molecule has 0 unspecified atom stereocenters. The quantitative estimate of drug-likeness (QED) is 0.909. The van der Waals surface area contributed by atoms with Gasteiger partial charge in [0.2, 0.25) is 11.7 Å². The number of hydrogen-bond acceptors (Lipinski definition) is 5. The van der Waals surface area contributed by atoms with Crippen molar-refractivity contribution >= 4 is 11.7 Å². The average molecular weight is 299 g/mol. The van der Waals surface area contributed by atoms with Crippen LogP contribution in [0.15, 0.2) is 36.5 Å². The van der Waals surface area contributed by atoms with Crippen LogP contribution >= 0.6 is 0 Å². The number of amides is 1. The minimum atomic E-state index is -0.470. The van der Waals surface area contributed by atoms with E-state index in [0.717, 1.165) is 0 Å². The molecule has 3 rings (SSSR count). The number of pyridine rings is 1. The topological polar surface area (TPSA) is 86.5 Å². The number of hydrogen-bond donors (Lipinski definition) is 2. The first-order valence-electron chi connectivity index (χ1n) is 6.92. The summed E-state index contributed by atoms with van der Waals surface area (Å²) in [5.41, 5.74) is 5.47. The van der Waals surface area contributed by atoms with Crippen LogP contribution in [0.25, 0.3) is 0 Å². The van der Waals surface area contributed by atoms with Crippen LogP contribution in [0, 0.1) is 0 Å². The lowest BCUT2D eigenvalue weighted by molar-refractivity contribution is 0.100. The third-order valence-electron chi connectivity index (χ3n) is 3.27. The van der Waals surface area contributed by atoms with E-state index in [2.05, 4.69) is 10.3 Å². The summed E-state index contributed by atoms with van der Waals surface area (Å²) < 4.78 is 11.6. The lowest BCUT2D eigenvalue weighted by Gasteiger charge is -2.33. The van der Waals surface area contributed by atoms with Gasteiger partial charge < -0.3 is 20.5 Å². The number of carbonyl (C=O) groups excluding carboxylic acids is 1. The predicted molar refractivity (Wildman–Crippen MR) is 82.5 cm³/mol. The van der Waals surface area contributed by atoms with Crippen LogP contribution in [0.2, 0.25) is 0 Å². The molecule has 0 saturated carbocycles. The highest BCUT2D eigenvalue weighted by Crippen LogP contribution is 2.40. The number of nitrogens with one attached hydrogen (secondary N) is 1. The van der Waals surface area contributed by atoms with Crippen LogP contribution in [0.4, 0.5) is 5.82 Å². The number of nitrogens with two attached hydrogens (primary N) is 1. The SMILES string of the molecule is CC1(C)COc2c(Oc3ccc(C(N)=O)cc3)ccnc2N1. The molecule has 3 N–H and O–H groups in total. The van der Waals surface area contributed by atoms with Gasteiger partial charge >= 0.3 is 0 Å². The number of anilines is 1. The third kappa shape index (κ3) is 2.81. The van der Waals surface area contributed by atoms with Crippen molar-refractivity contribution in [3.63, 3.8) is 0 Å². The lowest BCUT2D eigenvalue weighted by atomic mass is 10.1. The number of aromatic nitrogens is 1. The molecule has 1 amide bonds. The highest BCUT2D eigenvalue weighted by molar-refractivity contribution is 5.92. The molecule has 2 heterocycles. The Morgan fingerprint density at radius 3 is 2.73 bits per heavy atom. The fraction of sp³-hybridized carbons (Fsp3) is 0.250. The van der Waals surface area contributed by atoms with Crippen LogP contribution in [0.1, 0.15) is 24.2 Å². The monoisotopic (exact) mass is 299 g/mol. The second-order valence-corrected chi connectivity index (χ2v) is 5.78. The number of ether oxygens (including phenoxy) is 2. The second-order valence-electron chi connectivity index (χ2n) is 5.78. The van der Waals surface area contributed by atoms with Crippen molar-refractivity contribution in [2.75, 3.05) is 11.9 Å². The van der Waals surface area contributed by atoms with Crippen LogP contribution in [-0.4, -0.2) is 23.0 Å². The van der Waals surface area contributed by atoms with Crippen molar-refractivity contribution in [3.8, 4) is 17.2 Å². The molecule has 22 heavy (non-hydrogen) atoms. The molecule has 0 radical (unpaired) electrons. The molecule has 6 heteroatoms. The second kappa shape index (κ2) is 5.22. The van der Waals surface area contributed by atoms with Gasteiger partial charge in [-0.3, -0.25) is 4.79 Å². The molecule has 1 aromatic heterocycles. The lowest BCUT2D eigenvalue weighted by Crippen LogP contribution is -2.41. The van der Waals surface area contributed by atoms with E-state index in [1.807, 2.05) is 13.8 Å². The Balaban J connectivity index is 1.86. The molecule has 0 spiro atoms. The van der Waals surface area contributed by atoms with Crippen molar-refractivity contribution in [1.29, 1.82) is 0 Å². The molecule has 0 atom stereocenters. The van der Waals surface area contributed by atoms with Crippen LogP contribution in [-0.2, 0) is 0 Å². The van der Waals surface area contributed by atoms with E-state index in [0.29, 0.717) is 35.2 Å². The van der Waals surface area contributed by atoms with E-state index in [4.69, 9.17) is 15.2 Å². The number of carbonyl (C=O) groups is 1. The Hall–Kier alpha value is -2.76. The Bertz CT molecular complexity index is 711. The van der Waals surface area contributed by atoms with Crippen molar-refractivity contribution in [2.24, 2.45) is 5.73 Å². The zero-order valence-corrected chi connectivity index (χ0v) is 12.4. The smallest absolute Gasteiger partial charge is 0.248 e. The molecular weight excluding hydrogens is 282 g/mol. The van der Waals surface area contributed by atoms with E-state index in [-0.39, 0.29) is 5.54 Å². The standard InChI is InChI=1S/C16H17N3O3/c1-16(2)9-21-13-12(7-8-18-15(13)19-16)22-11-5-3-10(4-6-11)14(17)20/h3-8H,9H2,1-2H3,(H2,17,20)(H,18,19). The molecule has 0 aliphatic carbocycles. The minimum absolute atomic E-state index is 0.179. The fourth-order valence-corrected chi connectivity index (χ4v) is 2.16. The summed E-state index contributed by atoms with van der Waals surface area (Å²) in [5.74, 6) is 1.93. The zero-order chi connectivity index (χ0) is 15.7. The molecule has 114 valence electrons. The van der Waals surface area contributed by atoms with Gasteiger partial charge in [0.15, 0.2) is 11.6 Å². The van der Waals surface area contributed by atoms with E-state index >= 15 is 0 Å². The number of benzene rings is 1. The van der Waals surface area contributed by atoms with Gasteiger partial charge in [-0.1, -0.05) is 0 Å². The highest BCUT2D eigenvalue weighted by Gasteiger charge is 2.28. The summed E-state index contributed by atoms with van der Waals surface area (Å²) in [7, 11) is 0. The first-order chi connectivity index (χ1) is 10.4. The van der Waals surface area contributed by atoms with Crippen molar-refractivity contribution < 1.29 is 14.3 Å². The first-order valence-corrected chi connectivity index (χ1v) is 6.92. The molecule has 0 saturated heterocycles. The molecular formula is C16H17N3O3. The summed E-state index contributed by atoms with van der Waals surface area (Å²) >= 11 is 0. The molecule has 1 aliphatic rings. The predicted octanol–water partition coefficient (Wildman–Crippen LogP) is 2.56. The molecule has 2 aromatic rings. The normalized spacial score (nSPS) is 15.2. The summed E-state index contributed by atoms with van der Waals surface area (Å²) in [6, 6.07) is 8.35. The molecule has 1 aromatic carbocycles. The number of rotatable bonds is 3. The number of primary amides is 1. The maximum atomic E-state index is 11.1. The van der Waals surface area contributed by atoms with Gasteiger partial charge in [0.1, 0.15) is 12.4 Å². The van der Waals surface area contributed by atoms with Crippen LogP contribution in [0.5, 0.6) is 17.2 Å². The largest absolute Gasteiger partial charge is 0.484 e. The van der Waals surface area contributed by atoms with E-state index in [9.17, 15) is 4.79 Å². The Labute approximate surface area is 128 Å². The van der Waals surface area contributed by atoms with Crippen LogP contribution < -0.4 is 20.5 Å². The van der Waals surface area contributed by atoms with Gasteiger partial charge in [-0.25, -0.2) is 4.98 Å². The summed E-state index contributed by atoms with van der Waals surface area (Å²) in [4.78, 5) is 15.3. The molecule has 0 fully saturated rings. The number of nitrogens with zero attached hydrogens (tertiary/aromatic N) is 1. The van der Waals surface area contributed by atoms with Gasteiger partial charge in [0, 0.05) is 17.8 Å². The number of fused-ring (bicyclic) bond motifs is 1. The summed E-state index contributed by atoms with van der Waals surface area (Å²) in [6.45, 7) is 4.59.